The number of nitrogens with two attached hydrogens (primary N) is 1. The van der Waals surface area contributed by atoms with Gasteiger partial charge >= 0.3 is 0 Å². The van der Waals surface area contributed by atoms with Gasteiger partial charge < -0.3 is 16.0 Å². The minimum absolute atomic E-state index is 0.0604. The molecule has 0 saturated heterocycles. The van der Waals surface area contributed by atoms with Crippen LogP contribution in [0.15, 0.2) is 97.2 Å². The first-order valence-electron chi connectivity index (χ1n) is 10.6. The second-order valence-corrected chi connectivity index (χ2v) is 7.61. The second kappa shape index (κ2) is 9.92. The van der Waals surface area contributed by atoms with Crippen molar-refractivity contribution in [3.8, 4) is 0 Å². The zero-order chi connectivity index (χ0) is 21.5. The molecule has 1 aliphatic heterocycles. The molecule has 1 amide bonds. The summed E-state index contributed by atoms with van der Waals surface area (Å²) >= 11 is 0. The summed E-state index contributed by atoms with van der Waals surface area (Å²) in [5.41, 5.74) is 11.1. The SMILES string of the molecule is NCCC(=O)Nc1ccc(/C=C/C2C=CN(Cc3ccccc3)c3ccccc32)cc1. The van der Waals surface area contributed by atoms with Gasteiger partial charge in [0, 0.05) is 43.0 Å². The van der Waals surface area contributed by atoms with Crippen LogP contribution in [0.3, 0.4) is 0 Å². The van der Waals surface area contributed by atoms with Crippen molar-refractivity contribution in [3.63, 3.8) is 0 Å². The van der Waals surface area contributed by atoms with Crippen molar-refractivity contribution in [1.29, 1.82) is 0 Å². The summed E-state index contributed by atoms with van der Waals surface area (Å²) in [5, 5.41) is 2.85. The van der Waals surface area contributed by atoms with Crippen molar-refractivity contribution >= 4 is 23.4 Å². The van der Waals surface area contributed by atoms with E-state index in [2.05, 4.69) is 83.2 Å². The van der Waals surface area contributed by atoms with E-state index in [0.717, 1.165) is 17.8 Å². The highest BCUT2D eigenvalue weighted by molar-refractivity contribution is 5.90. The molecule has 0 aromatic heterocycles. The highest BCUT2D eigenvalue weighted by Gasteiger charge is 2.18. The first kappa shape index (κ1) is 20.6. The summed E-state index contributed by atoms with van der Waals surface area (Å²) in [4.78, 5) is 14.0. The number of allylic oxidation sites excluding steroid dienone is 2. The summed E-state index contributed by atoms with van der Waals surface area (Å²) in [7, 11) is 0. The normalized spacial score (nSPS) is 15.1. The molecule has 0 radical (unpaired) electrons. The largest absolute Gasteiger partial charge is 0.344 e. The van der Waals surface area contributed by atoms with E-state index in [1.165, 1.54) is 16.8 Å². The molecule has 4 heteroatoms. The highest BCUT2D eigenvalue weighted by Crippen LogP contribution is 2.35. The van der Waals surface area contributed by atoms with Gasteiger partial charge in [-0.1, -0.05) is 78.9 Å². The number of hydrogen-bond acceptors (Lipinski definition) is 3. The fourth-order valence-corrected chi connectivity index (χ4v) is 3.74. The van der Waals surface area contributed by atoms with Crippen LogP contribution in [0.5, 0.6) is 0 Å². The molecule has 3 aromatic carbocycles. The fourth-order valence-electron chi connectivity index (χ4n) is 3.74. The monoisotopic (exact) mass is 409 g/mol. The number of para-hydroxylation sites is 1. The first-order chi connectivity index (χ1) is 15.2. The molecule has 0 spiro atoms. The Morgan fingerprint density at radius 1 is 0.968 bits per heavy atom. The van der Waals surface area contributed by atoms with E-state index in [0.29, 0.717) is 13.0 Å². The maximum atomic E-state index is 11.7. The van der Waals surface area contributed by atoms with E-state index in [1.54, 1.807) is 0 Å². The molecule has 0 aliphatic carbocycles. The number of carbonyl (C=O) groups is 1. The van der Waals surface area contributed by atoms with Gasteiger partial charge in [0.25, 0.3) is 0 Å². The third-order valence-electron chi connectivity index (χ3n) is 5.34. The van der Waals surface area contributed by atoms with Gasteiger partial charge in [0.15, 0.2) is 0 Å². The highest BCUT2D eigenvalue weighted by atomic mass is 16.1. The second-order valence-electron chi connectivity index (χ2n) is 7.61. The summed E-state index contributed by atoms with van der Waals surface area (Å²) in [5.74, 6) is 0.155. The number of fused-ring (bicyclic) bond motifs is 1. The number of rotatable bonds is 7. The van der Waals surface area contributed by atoms with E-state index in [9.17, 15) is 4.79 Å². The average Bonchev–Trinajstić information content (AvgIpc) is 2.80. The van der Waals surface area contributed by atoms with E-state index < -0.39 is 0 Å². The third-order valence-corrected chi connectivity index (χ3v) is 5.34. The Labute approximate surface area is 183 Å². The summed E-state index contributed by atoms with van der Waals surface area (Å²) < 4.78 is 0. The van der Waals surface area contributed by atoms with Crippen LogP contribution in [0.2, 0.25) is 0 Å². The Morgan fingerprint density at radius 2 is 1.71 bits per heavy atom. The molecule has 3 aromatic rings. The summed E-state index contributed by atoms with van der Waals surface area (Å²) in [6, 6.07) is 26.9. The summed E-state index contributed by atoms with van der Waals surface area (Å²) in [6.07, 6.45) is 9.10. The summed E-state index contributed by atoms with van der Waals surface area (Å²) in [6.45, 7) is 1.20. The van der Waals surface area contributed by atoms with Gasteiger partial charge in [0.1, 0.15) is 0 Å². The van der Waals surface area contributed by atoms with E-state index in [4.69, 9.17) is 5.73 Å². The van der Waals surface area contributed by atoms with Crippen molar-refractivity contribution in [1.82, 2.24) is 0 Å². The van der Waals surface area contributed by atoms with E-state index in [1.807, 2.05) is 30.3 Å². The van der Waals surface area contributed by atoms with Crippen molar-refractivity contribution in [3.05, 3.63) is 114 Å². The van der Waals surface area contributed by atoms with Crippen LogP contribution in [-0.4, -0.2) is 12.5 Å². The van der Waals surface area contributed by atoms with Gasteiger partial charge in [-0.25, -0.2) is 0 Å². The molecule has 1 atom stereocenters. The molecule has 3 N–H and O–H groups in total. The minimum Gasteiger partial charge on any atom is -0.344 e. The van der Waals surface area contributed by atoms with Crippen molar-refractivity contribution in [2.45, 2.75) is 18.9 Å². The van der Waals surface area contributed by atoms with Crippen molar-refractivity contribution in [2.24, 2.45) is 5.73 Å². The Kier molecular flexibility index (Phi) is 6.60. The van der Waals surface area contributed by atoms with Crippen LogP contribution in [0, 0.1) is 0 Å². The molecule has 0 fully saturated rings. The molecule has 156 valence electrons. The molecule has 0 bridgehead atoms. The van der Waals surface area contributed by atoms with Crippen LogP contribution < -0.4 is 16.0 Å². The zero-order valence-electron chi connectivity index (χ0n) is 17.4. The maximum absolute atomic E-state index is 11.7. The lowest BCUT2D eigenvalue weighted by Crippen LogP contribution is -2.20. The Balaban J connectivity index is 1.47. The number of hydrogen-bond donors (Lipinski definition) is 2. The number of amides is 1. The van der Waals surface area contributed by atoms with Gasteiger partial charge in [0.2, 0.25) is 5.91 Å². The smallest absolute Gasteiger partial charge is 0.225 e. The van der Waals surface area contributed by atoms with E-state index in [-0.39, 0.29) is 11.8 Å². The Bertz CT molecular complexity index is 1070. The number of carbonyl (C=O) groups excluding carboxylic acids is 1. The quantitative estimate of drug-likeness (QED) is 0.556. The standard InChI is InChI=1S/C27H27N3O/c28-18-16-27(31)29-24-14-11-21(12-15-24)10-13-23-17-19-30(20-22-6-2-1-3-7-22)26-9-5-4-8-25(23)26/h1-15,17,19,23H,16,18,20,28H2,(H,29,31)/b13-10+. The van der Waals surface area contributed by atoms with Crippen LogP contribution in [0.25, 0.3) is 6.08 Å². The van der Waals surface area contributed by atoms with Gasteiger partial charge in [-0.3, -0.25) is 4.79 Å². The lowest BCUT2D eigenvalue weighted by molar-refractivity contribution is -0.116. The van der Waals surface area contributed by atoms with Crippen LogP contribution in [0.1, 0.15) is 29.0 Å². The van der Waals surface area contributed by atoms with E-state index >= 15 is 0 Å². The number of nitrogens with one attached hydrogen (secondary N) is 1. The lowest BCUT2D eigenvalue weighted by Gasteiger charge is -2.29. The third kappa shape index (κ3) is 5.30. The molecular formula is C27H27N3O. The Hall–Kier alpha value is -3.63. The van der Waals surface area contributed by atoms with Crippen molar-refractivity contribution in [2.75, 3.05) is 16.8 Å². The molecule has 4 rings (SSSR count). The zero-order valence-corrected chi connectivity index (χ0v) is 17.4. The Morgan fingerprint density at radius 3 is 2.48 bits per heavy atom. The van der Waals surface area contributed by atoms with Gasteiger partial charge in [-0.2, -0.15) is 0 Å². The topological polar surface area (TPSA) is 58.4 Å². The number of nitrogens with zero attached hydrogens (tertiary/aromatic N) is 1. The molecule has 1 aliphatic rings. The maximum Gasteiger partial charge on any atom is 0.225 e. The molecule has 1 unspecified atom stereocenters. The molecule has 4 nitrogen and oxygen atoms in total. The van der Waals surface area contributed by atoms with Gasteiger partial charge in [-0.05, 0) is 34.9 Å². The van der Waals surface area contributed by atoms with Crippen molar-refractivity contribution < 1.29 is 4.79 Å². The number of anilines is 2. The average molecular weight is 410 g/mol. The predicted octanol–water partition coefficient (Wildman–Crippen LogP) is 5.30. The van der Waals surface area contributed by atoms with Gasteiger partial charge in [0.05, 0.1) is 0 Å². The molecule has 0 saturated carbocycles. The van der Waals surface area contributed by atoms with Crippen LogP contribution in [0.4, 0.5) is 11.4 Å². The van der Waals surface area contributed by atoms with Crippen LogP contribution in [-0.2, 0) is 11.3 Å². The molecular weight excluding hydrogens is 382 g/mol. The minimum atomic E-state index is -0.0604. The lowest BCUT2D eigenvalue weighted by atomic mass is 9.92. The fraction of sp³-hybridized carbons (Fsp3) is 0.148. The first-order valence-corrected chi connectivity index (χ1v) is 10.6. The number of benzene rings is 3. The predicted molar refractivity (Wildman–Crippen MR) is 129 cm³/mol. The van der Waals surface area contributed by atoms with Gasteiger partial charge in [-0.15, -0.1) is 0 Å². The molecule has 1 heterocycles. The van der Waals surface area contributed by atoms with Crippen LogP contribution >= 0.6 is 0 Å². The molecule has 31 heavy (non-hydrogen) atoms.